The van der Waals surface area contributed by atoms with Crippen LogP contribution in [0.3, 0.4) is 0 Å². The summed E-state index contributed by atoms with van der Waals surface area (Å²) in [5, 5.41) is 12.2. The number of nitrogens with zero attached hydrogens (tertiary/aromatic N) is 1. The Morgan fingerprint density at radius 2 is 1.75 bits per heavy atom. The van der Waals surface area contributed by atoms with E-state index >= 15 is 0 Å². The van der Waals surface area contributed by atoms with Crippen molar-refractivity contribution in [3.8, 4) is 0 Å². The van der Waals surface area contributed by atoms with Gasteiger partial charge in [0, 0.05) is 12.1 Å². The average molecular weight is 273 g/mol. The van der Waals surface area contributed by atoms with Crippen molar-refractivity contribution in [3.63, 3.8) is 0 Å². The van der Waals surface area contributed by atoms with Crippen molar-refractivity contribution >= 4 is 17.2 Å². The Kier molecular flexibility index (Phi) is 2.64. The number of rotatable bonds is 1. The highest BCUT2D eigenvalue weighted by Gasteiger charge is 2.38. The van der Waals surface area contributed by atoms with Gasteiger partial charge in [0.1, 0.15) is 17.2 Å². The largest absolute Gasteiger partial charge is 0.618 e. The lowest BCUT2D eigenvalue weighted by molar-refractivity contribution is -0.355. The predicted octanol–water partition coefficient (Wildman–Crippen LogP) is 3.10. The van der Waals surface area contributed by atoms with Crippen LogP contribution in [0.1, 0.15) is 21.5 Å². The van der Waals surface area contributed by atoms with Crippen LogP contribution in [0.2, 0.25) is 0 Å². The molecule has 20 heavy (non-hydrogen) atoms. The van der Waals surface area contributed by atoms with Crippen LogP contribution in [0.5, 0.6) is 0 Å². The molecule has 0 saturated carbocycles. The monoisotopic (exact) mass is 273 g/mol. The Bertz CT molecular complexity index is 761. The Hall–Kier alpha value is -2.56. The van der Waals surface area contributed by atoms with Gasteiger partial charge in [-0.3, -0.25) is 4.79 Å². The van der Waals surface area contributed by atoms with E-state index in [1.807, 2.05) is 0 Å². The third-order valence-electron chi connectivity index (χ3n) is 3.25. The van der Waals surface area contributed by atoms with Crippen LogP contribution in [0.4, 0.5) is 14.5 Å². The van der Waals surface area contributed by atoms with E-state index in [0.717, 1.165) is 12.1 Å². The summed E-state index contributed by atoms with van der Waals surface area (Å²) in [5.41, 5.74) is 0.822. The zero-order valence-electron chi connectivity index (χ0n) is 10.5. The molecule has 1 heterocycles. The molecule has 1 aliphatic heterocycles. The summed E-state index contributed by atoms with van der Waals surface area (Å²) in [4.78, 5) is 12.3. The maximum atomic E-state index is 13.3. The van der Waals surface area contributed by atoms with Gasteiger partial charge in [-0.15, -0.1) is 0 Å². The minimum atomic E-state index is -0.832. The highest BCUT2D eigenvalue weighted by molar-refractivity contribution is 6.52. The van der Waals surface area contributed by atoms with Gasteiger partial charge in [-0.25, -0.2) is 8.78 Å². The summed E-state index contributed by atoms with van der Waals surface area (Å²) in [6.45, 7) is 1.71. The van der Waals surface area contributed by atoms with Crippen LogP contribution < -0.4 is 0 Å². The molecule has 0 N–H and O–H groups in total. The van der Waals surface area contributed by atoms with E-state index in [-0.39, 0.29) is 22.5 Å². The van der Waals surface area contributed by atoms with Crippen molar-refractivity contribution in [1.82, 2.24) is 0 Å². The van der Waals surface area contributed by atoms with Crippen LogP contribution in [0.25, 0.3) is 0 Å². The molecule has 3 nitrogen and oxygen atoms in total. The molecular weight excluding hydrogens is 264 g/mol. The summed E-state index contributed by atoms with van der Waals surface area (Å²) in [7, 11) is 0. The third-order valence-corrected chi connectivity index (χ3v) is 3.25. The number of aryl methyl sites for hydroxylation is 1. The number of carbonyl (C=O) groups excluding carboxylic acids is 1. The maximum Gasteiger partial charge on any atom is 0.273 e. The molecule has 0 saturated heterocycles. The third kappa shape index (κ3) is 1.71. The zero-order chi connectivity index (χ0) is 14.4. The van der Waals surface area contributed by atoms with E-state index in [9.17, 15) is 18.8 Å². The van der Waals surface area contributed by atoms with Gasteiger partial charge in [0.05, 0.1) is 5.56 Å². The van der Waals surface area contributed by atoms with Gasteiger partial charge in [-0.2, -0.15) is 4.74 Å². The van der Waals surface area contributed by atoms with Gasteiger partial charge < -0.3 is 5.21 Å². The van der Waals surface area contributed by atoms with Gasteiger partial charge in [0.2, 0.25) is 5.69 Å². The minimum absolute atomic E-state index is 0.0573. The fraction of sp³-hybridized carbons (Fsp3) is 0.0667. The SMILES string of the molecule is Cc1cccc2c1C(=O)C(c1cc(F)cc(F)c1)=[N+]2[O-]. The number of hydrogen-bond donors (Lipinski definition) is 0. The number of fused-ring (bicyclic) bond motifs is 1. The second kappa shape index (κ2) is 4.23. The molecular formula is C15H9F2NO2. The lowest BCUT2D eigenvalue weighted by atomic mass is 9.99. The quantitative estimate of drug-likeness (QED) is 0.592. The summed E-state index contributed by atoms with van der Waals surface area (Å²) in [6.07, 6.45) is 0. The molecule has 100 valence electrons. The molecule has 1 aliphatic rings. The van der Waals surface area contributed by atoms with Crippen LogP contribution in [0, 0.1) is 23.8 Å². The van der Waals surface area contributed by atoms with E-state index in [2.05, 4.69) is 0 Å². The molecule has 0 radical (unpaired) electrons. The number of Topliss-reactive ketones (excluding diaryl/α,β-unsaturated/α-hetero) is 1. The van der Waals surface area contributed by atoms with Crippen molar-refractivity contribution in [2.24, 2.45) is 0 Å². The number of carbonyl (C=O) groups is 1. The van der Waals surface area contributed by atoms with Crippen molar-refractivity contribution in [1.29, 1.82) is 0 Å². The first-order chi connectivity index (χ1) is 9.49. The number of ketones is 1. The molecule has 2 aromatic rings. The fourth-order valence-electron chi connectivity index (χ4n) is 2.39. The van der Waals surface area contributed by atoms with E-state index in [4.69, 9.17) is 0 Å². The Morgan fingerprint density at radius 3 is 2.35 bits per heavy atom. The second-order valence-electron chi connectivity index (χ2n) is 4.60. The molecule has 0 spiro atoms. The number of hydrogen-bond acceptors (Lipinski definition) is 2. The van der Waals surface area contributed by atoms with E-state index in [0.29, 0.717) is 16.4 Å². The molecule has 0 amide bonds. The van der Waals surface area contributed by atoms with E-state index in [1.165, 1.54) is 6.07 Å². The van der Waals surface area contributed by atoms with Crippen LogP contribution in [0.15, 0.2) is 36.4 Å². The van der Waals surface area contributed by atoms with Crippen molar-refractivity contribution < 1.29 is 18.3 Å². The first kappa shape index (κ1) is 12.5. The van der Waals surface area contributed by atoms with Gasteiger partial charge in [0.15, 0.2) is 0 Å². The summed E-state index contributed by atoms with van der Waals surface area (Å²) in [6, 6.07) is 7.51. The summed E-state index contributed by atoms with van der Waals surface area (Å²) < 4.78 is 26.9. The Labute approximate surface area is 113 Å². The molecule has 2 aromatic carbocycles. The Morgan fingerprint density at radius 1 is 1.10 bits per heavy atom. The highest BCUT2D eigenvalue weighted by Crippen LogP contribution is 2.30. The normalized spacial score (nSPS) is 13.8. The fourth-order valence-corrected chi connectivity index (χ4v) is 2.39. The van der Waals surface area contributed by atoms with Crippen LogP contribution in [-0.2, 0) is 0 Å². The standard InChI is InChI=1S/C15H9F2NO2/c1-8-3-2-4-12-13(8)15(19)14(18(12)20)9-5-10(16)7-11(17)6-9/h2-7H,1H3. The molecule has 3 rings (SSSR count). The van der Waals surface area contributed by atoms with Crippen LogP contribution >= 0.6 is 0 Å². The summed E-state index contributed by atoms with van der Waals surface area (Å²) in [5.74, 6) is -2.18. The minimum Gasteiger partial charge on any atom is -0.618 e. The molecule has 5 heteroatoms. The van der Waals surface area contributed by atoms with Gasteiger partial charge in [-0.05, 0) is 24.6 Å². The first-order valence-corrected chi connectivity index (χ1v) is 5.94. The lowest BCUT2D eigenvalue weighted by Gasteiger charge is -2.02. The molecule has 0 aromatic heterocycles. The van der Waals surface area contributed by atoms with Gasteiger partial charge in [-0.1, -0.05) is 12.1 Å². The number of benzene rings is 2. The van der Waals surface area contributed by atoms with Crippen LogP contribution in [-0.4, -0.2) is 16.2 Å². The number of halogens is 2. The van der Waals surface area contributed by atoms with Crippen molar-refractivity contribution in [3.05, 3.63) is 69.9 Å². The molecule has 0 atom stereocenters. The van der Waals surface area contributed by atoms with Crippen molar-refractivity contribution in [2.45, 2.75) is 6.92 Å². The lowest BCUT2D eigenvalue weighted by Crippen LogP contribution is -2.17. The van der Waals surface area contributed by atoms with Gasteiger partial charge >= 0.3 is 0 Å². The molecule has 0 fully saturated rings. The van der Waals surface area contributed by atoms with Gasteiger partial charge in [0.25, 0.3) is 11.5 Å². The zero-order valence-corrected chi connectivity index (χ0v) is 10.5. The smallest absolute Gasteiger partial charge is 0.273 e. The highest BCUT2D eigenvalue weighted by atomic mass is 19.1. The second-order valence-corrected chi connectivity index (χ2v) is 4.60. The average Bonchev–Trinajstić information content (AvgIpc) is 2.61. The first-order valence-electron chi connectivity index (χ1n) is 5.94. The molecule has 0 bridgehead atoms. The Balaban J connectivity index is 2.24. The topological polar surface area (TPSA) is 43.1 Å². The van der Waals surface area contributed by atoms with E-state index in [1.54, 1.807) is 19.1 Å². The summed E-state index contributed by atoms with van der Waals surface area (Å²) >= 11 is 0. The van der Waals surface area contributed by atoms with Crippen molar-refractivity contribution in [2.75, 3.05) is 0 Å². The maximum absolute atomic E-state index is 13.3. The predicted molar refractivity (Wildman–Crippen MR) is 69.3 cm³/mol. The molecule has 0 aliphatic carbocycles. The van der Waals surface area contributed by atoms with E-state index < -0.39 is 17.4 Å². The molecule has 0 unspecified atom stereocenters.